The second-order valence-electron chi connectivity index (χ2n) is 4.44. The summed E-state index contributed by atoms with van der Waals surface area (Å²) in [4.78, 5) is 4.25. The first kappa shape index (κ1) is 12.2. The number of nitrogens with zero attached hydrogens (tertiary/aromatic N) is 1. The van der Waals surface area contributed by atoms with Crippen LogP contribution in [-0.4, -0.2) is 29.4 Å². The fourth-order valence-corrected chi connectivity index (χ4v) is 2.17. The van der Waals surface area contributed by atoms with E-state index in [9.17, 15) is 13.9 Å². The Morgan fingerprint density at radius 3 is 2.53 bits per heavy atom. The molecule has 0 saturated carbocycles. The van der Waals surface area contributed by atoms with E-state index in [0.29, 0.717) is 6.42 Å². The van der Waals surface area contributed by atoms with Crippen LogP contribution >= 0.6 is 0 Å². The Balaban J connectivity index is 2.20. The van der Waals surface area contributed by atoms with E-state index in [1.165, 1.54) is 0 Å². The molecule has 0 fully saturated rings. The molecule has 1 aromatic carbocycles. The van der Waals surface area contributed by atoms with Crippen LogP contribution in [-0.2, 0) is 0 Å². The van der Waals surface area contributed by atoms with E-state index in [-0.39, 0.29) is 5.92 Å². The minimum absolute atomic E-state index is 0.0470. The van der Waals surface area contributed by atoms with Crippen molar-refractivity contribution in [1.82, 2.24) is 0 Å². The van der Waals surface area contributed by atoms with Gasteiger partial charge >= 0.3 is 0 Å². The smallest absolute Gasteiger partial charge is 0.266 e. The van der Waals surface area contributed by atoms with Crippen LogP contribution in [0.25, 0.3) is 0 Å². The predicted octanol–water partition coefficient (Wildman–Crippen LogP) is 2.51. The molecule has 0 saturated heterocycles. The summed E-state index contributed by atoms with van der Waals surface area (Å²) in [5.74, 6) is -0.0470. The molecule has 1 aliphatic rings. The van der Waals surface area contributed by atoms with Crippen molar-refractivity contribution in [2.45, 2.75) is 31.9 Å². The average Bonchev–Trinajstić information content (AvgIpc) is 2.71. The lowest BCUT2D eigenvalue weighted by Gasteiger charge is -2.18. The highest BCUT2D eigenvalue weighted by molar-refractivity contribution is 6.01. The summed E-state index contributed by atoms with van der Waals surface area (Å²) in [5.41, 5.74) is 1.76. The third-order valence-corrected chi connectivity index (χ3v) is 3.12. The van der Waals surface area contributed by atoms with Gasteiger partial charge in [-0.1, -0.05) is 37.3 Å². The summed E-state index contributed by atoms with van der Waals surface area (Å²) in [6, 6.07) is 8.79. The van der Waals surface area contributed by atoms with Gasteiger partial charge in [0.15, 0.2) is 0 Å². The van der Waals surface area contributed by atoms with E-state index in [4.69, 9.17) is 0 Å². The molecule has 2 rings (SSSR count). The van der Waals surface area contributed by atoms with E-state index in [1.807, 2.05) is 37.3 Å². The number of alkyl halides is 2. The molecule has 0 aliphatic carbocycles. The molecule has 0 amide bonds. The summed E-state index contributed by atoms with van der Waals surface area (Å²) in [6.45, 7) is 1.84. The first-order valence-electron chi connectivity index (χ1n) is 5.68. The number of rotatable bonds is 3. The van der Waals surface area contributed by atoms with Crippen LogP contribution < -0.4 is 0 Å². The highest BCUT2D eigenvalue weighted by atomic mass is 19.3. The third kappa shape index (κ3) is 2.52. The van der Waals surface area contributed by atoms with E-state index in [0.717, 1.165) is 11.3 Å². The zero-order chi connectivity index (χ0) is 12.4. The number of halogens is 2. The van der Waals surface area contributed by atoms with E-state index in [1.54, 1.807) is 0 Å². The van der Waals surface area contributed by atoms with Gasteiger partial charge in [-0.15, -0.1) is 0 Å². The zero-order valence-corrected chi connectivity index (χ0v) is 9.55. The van der Waals surface area contributed by atoms with Crippen molar-refractivity contribution >= 4 is 5.71 Å². The Bertz CT molecular complexity index is 405. The van der Waals surface area contributed by atoms with Crippen LogP contribution in [0.15, 0.2) is 35.3 Å². The number of aliphatic hydroxyl groups excluding tert-OH is 1. The molecule has 1 aromatic rings. The van der Waals surface area contributed by atoms with Crippen molar-refractivity contribution < 1.29 is 13.9 Å². The van der Waals surface area contributed by atoms with Gasteiger partial charge in [0.1, 0.15) is 6.10 Å². The Labute approximate surface area is 99.0 Å². The van der Waals surface area contributed by atoms with Crippen molar-refractivity contribution in [1.29, 1.82) is 0 Å². The lowest BCUT2D eigenvalue weighted by Crippen LogP contribution is -2.33. The van der Waals surface area contributed by atoms with Gasteiger partial charge in [0, 0.05) is 5.71 Å². The fourth-order valence-electron chi connectivity index (χ4n) is 2.17. The first-order chi connectivity index (χ1) is 8.09. The van der Waals surface area contributed by atoms with Crippen LogP contribution in [0.4, 0.5) is 8.78 Å². The summed E-state index contributed by atoms with van der Waals surface area (Å²) in [7, 11) is 0. The highest BCUT2D eigenvalue weighted by Gasteiger charge is 2.36. The van der Waals surface area contributed by atoms with Gasteiger partial charge in [-0.2, -0.15) is 0 Å². The Morgan fingerprint density at radius 2 is 1.94 bits per heavy atom. The van der Waals surface area contributed by atoms with Crippen molar-refractivity contribution in [3.8, 4) is 0 Å². The fraction of sp³-hybridized carbons (Fsp3) is 0.462. The maximum atomic E-state index is 12.5. The monoisotopic (exact) mass is 239 g/mol. The van der Waals surface area contributed by atoms with Crippen LogP contribution in [0.1, 0.15) is 18.9 Å². The van der Waals surface area contributed by atoms with Crippen LogP contribution in [0.5, 0.6) is 0 Å². The van der Waals surface area contributed by atoms with E-state index < -0.39 is 18.6 Å². The van der Waals surface area contributed by atoms with Crippen molar-refractivity contribution in [3.05, 3.63) is 35.9 Å². The Kier molecular flexibility index (Phi) is 3.52. The number of benzene rings is 1. The standard InChI is InChI=1S/C13H15F2NO/c1-8-7-10(9-5-3-2-4-6-9)16-11(8)12(17)13(14)15/h2-6,8,11-13,17H,7H2,1H3. The van der Waals surface area contributed by atoms with Gasteiger partial charge in [-0.25, -0.2) is 8.78 Å². The van der Waals surface area contributed by atoms with Crippen molar-refractivity contribution in [2.75, 3.05) is 0 Å². The molecule has 17 heavy (non-hydrogen) atoms. The van der Waals surface area contributed by atoms with Gasteiger partial charge in [-0.3, -0.25) is 4.99 Å². The minimum atomic E-state index is -2.73. The van der Waals surface area contributed by atoms with Gasteiger partial charge < -0.3 is 5.11 Å². The summed E-state index contributed by atoms with van der Waals surface area (Å²) < 4.78 is 24.9. The molecule has 0 bridgehead atoms. The summed E-state index contributed by atoms with van der Waals surface area (Å²) in [6.07, 6.45) is -3.76. The maximum Gasteiger partial charge on any atom is 0.266 e. The molecule has 3 atom stereocenters. The molecular formula is C13H15F2NO. The lowest BCUT2D eigenvalue weighted by molar-refractivity contribution is -0.0248. The first-order valence-corrected chi connectivity index (χ1v) is 5.68. The molecule has 0 aromatic heterocycles. The molecule has 2 nitrogen and oxygen atoms in total. The molecule has 92 valence electrons. The molecule has 1 aliphatic heterocycles. The predicted molar refractivity (Wildman–Crippen MR) is 62.6 cm³/mol. The van der Waals surface area contributed by atoms with Crippen LogP contribution in [0.3, 0.4) is 0 Å². The Hall–Kier alpha value is -1.29. The zero-order valence-electron chi connectivity index (χ0n) is 9.55. The van der Waals surface area contributed by atoms with Gasteiger partial charge in [0.2, 0.25) is 0 Å². The summed E-state index contributed by atoms with van der Waals surface area (Å²) in [5, 5.41) is 9.40. The largest absolute Gasteiger partial charge is 0.385 e. The number of hydrogen-bond acceptors (Lipinski definition) is 2. The van der Waals surface area contributed by atoms with Gasteiger partial charge in [0.05, 0.1) is 6.04 Å². The quantitative estimate of drug-likeness (QED) is 0.863. The second kappa shape index (κ2) is 4.92. The van der Waals surface area contributed by atoms with Crippen molar-refractivity contribution in [2.24, 2.45) is 10.9 Å². The van der Waals surface area contributed by atoms with Crippen LogP contribution in [0.2, 0.25) is 0 Å². The molecule has 4 heteroatoms. The van der Waals surface area contributed by atoms with E-state index in [2.05, 4.69) is 4.99 Å². The topological polar surface area (TPSA) is 32.6 Å². The second-order valence-corrected chi connectivity index (χ2v) is 4.44. The number of aliphatic hydroxyl groups is 1. The van der Waals surface area contributed by atoms with Gasteiger partial charge in [0.25, 0.3) is 6.43 Å². The maximum absolute atomic E-state index is 12.5. The average molecular weight is 239 g/mol. The third-order valence-electron chi connectivity index (χ3n) is 3.12. The normalized spacial score (nSPS) is 26.1. The Morgan fingerprint density at radius 1 is 1.29 bits per heavy atom. The SMILES string of the molecule is CC1CC(c2ccccc2)=NC1C(O)C(F)F. The van der Waals surface area contributed by atoms with Crippen molar-refractivity contribution in [3.63, 3.8) is 0 Å². The molecule has 0 spiro atoms. The minimum Gasteiger partial charge on any atom is -0.385 e. The summed E-state index contributed by atoms with van der Waals surface area (Å²) >= 11 is 0. The molecule has 3 unspecified atom stereocenters. The molecule has 1 heterocycles. The molecular weight excluding hydrogens is 224 g/mol. The van der Waals surface area contributed by atoms with E-state index >= 15 is 0 Å². The molecule has 0 radical (unpaired) electrons. The van der Waals surface area contributed by atoms with Gasteiger partial charge in [-0.05, 0) is 17.9 Å². The highest BCUT2D eigenvalue weighted by Crippen LogP contribution is 2.28. The molecule has 1 N–H and O–H groups in total. The lowest BCUT2D eigenvalue weighted by atomic mass is 9.95. The number of aliphatic imine (C=N–C) groups is 1. The van der Waals surface area contributed by atoms with Crippen LogP contribution in [0, 0.1) is 5.92 Å². The number of hydrogen-bond donors (Lipinski definition) is 1.